The third-order valence-electron chi connectivity index (χ3n) is 11.2. The molecule has 0 radical (unpaired) electrons. The number of benzene rings is 9. The monoisotopic (exact) mass is 713 g/mol. The number of hydrogen-bond acceptors (Lipinski definition) is 1. The number of nitrogens with zero attached hydrogens (tertiary/aromatic N) is 1. The van der Waals surface area contributed by atoms with E-state index in [1.807, 2.05) is 0 Å². The fraction of sp³-hybridized carbons (Fsp3) is 0. The molecule has 0 amide bonds. The van der Waals surface area contributed by atoms with Crippen molar-refractivity contribution in [2.24, 2.45) is 0 Å². The first-order valence-electron chi connectivity index (χ1n) is 19.2. The summed E-state index contributed by atoms with van der Waals surface area (Å²) in [6.07, 6.45) is 0. The van der Waals surface area contributed by atoms with E-state index < -0.39 is 0 Å². The summed E-state index contributed by atoms with van der Waals surface area (Å²) in [5, 5.41) is 4.73. The average Bonchev–Trinajstić information content (AvgIpc) is 3.82. The van der Waals surface area contributed by atoms with Gasteiger partial charge in [0.15, 0.2) is 0 Å². The van der Waals surface area contributed by atoms with Crippen LogP contribution in [0.3, 0.4) is 0 Å². The van der Waals surface area contributed by atoms with Gasteiger partial charge in [0.1, 0.15) is 11.2 Å². The van der Waals surface area contributed by atoms with Gasteiger partial charge in [0.2, 0.25) is 0 Å². The van der Waals surface area contributed by atoms with Crippen LogP contribution >= 0.6 is 0 Å². The van der Waals surface area contributed by atoms with Crippen molar-refractivity contribution in [2.45, 2.75) is 0 Å². The van der Waals surface area contributed by atoms with E-state index in [9.17, 15) is 0 Å². The Morgan fingerprint density at radius 3 is 1.20 bits per heavy atom. The second-order valence-electron chi connectivity index (χ2n) is 14.6. The van der Waals surface area contributed by atoms with Gasteiger partial charge in [-0.3, -0.25) is 0 Å². The van der Waals surface area contributed by atoms with Crippen LogP contribution in [0.15, 0.2) is 217 Å². The number of para-hydroxylation sites is 2. The van der Waals surface area contributed by atoms with Crippen molar-refractivity contribution in [3.05, 3.63) is 212 Å². The van der Waals surface area contributed by atoms with Crippen LogP contribution in [0.2, 0.25) is 0 Å². The third kappa shape index (κ3) is 5.51. The minimum Gasteiger partial charge on any atom is -0.456 e. The molecule has 11 rings (SSSR count). The van der Waals surface area contributed by atoms with E-state index in [-0.39, 0.29) is 0 Å². The zero-order valence-corrected chi connectivity index (χ0v) is 30.6. The molecule has 11 aromatic rings. The normalized spacial score (nSPS) is 11.6. The van der Waals surface area contributed by atoms with E-state index in [0.717, 1.165) is 33.2 Å². The summed E-state index contributed by atoms with van der Waals surface area (Å²) in [5.74, 6) is 0. The Hall–Kier alpha value is -7.42. The Morgan fingerprint density at radius 1 is 0.250 bits per heavy atom. The lowest BCUT2D eigenvalue weighted by Gasteiger charge is -2.10. The zero-order chi connectivity index (χ0) is 37.0. The van der Waals surface area contributed by atoms with Gasteiger partial charge in [0, 0.05) is 27.2 Å². The van der Waals surface area contributed by atoms with E-state index in [1.165, 1.54) is 71.9 Å². The summed E-state index contributed by atoms with van der Waals surface area (Å²) < 4.78 is 8.76. The molecule has 0 fully saturated rings. The summed E-state index contributed by atoms with van der Waals surface area (Å²) in [4.78, 5) is 0. The highest BCUT2D eigenvalue weighted by molar-refractivity contribution is 6.11. The lowest BCUT2D eigenvalue weighted by atomic mass is 9.94. The van der Waals surface area contributed by atoms with E-state index in [1.54, 1.807) is 0 Å². The highest BCUT2D eigenvalue weighted by Gasteiger charge is 2.15. The fourth-order valence-corrected chi connectivity index (χ4v) is 8.41. The molecule has 0 unspecified atom stereocenters. The first-order valence-corrected chi connectivity index (χ1v) is 19.2. The number of aromatic nitrogens is 1. The second-order valence-corrected chi connectivity index (χ2v) is 14.6. The van der Waals surface area contributed by atoms with Gasteiger partial charge in [-0.2, -0.15) is 0 Å². The van der Waals surface area contributed by atoms with E-state index >= 15 is 0 Å². The SMILES string of the molecule is c1ccc(-c2cccc(-c3cccc(-c4cccc(-c5ccc6oc7ccc(-c8ccc9c(c8)c8ccccc8n9-c8ccccc8)cc7c6c5)c4)c3)c2)cc1. The molecule has 0 bridgehead atoms. The Balaban J connectivity index is 0.952. The maximum absolute atomic E-state index is 6.40. The maximum Gasteiger partial charge on any atom is 0.135 e. The van der Waals surface area contributed by atoms with E-state index in [0.29, 0.717) is 0 Å². The molecule has 0 aliphatic rings. The Morgan fingerprint density at radius 2 is 0.643 bits per heavy atom. The van der Waals surface area contributed by atoms with Crippen molar-refractivity contribution in [3.8, 4) is 61.3 Å². The molecule has 262 valence electrons. The molecule has 9 aromatic carbocycles. The molecule has 0 saturated heterocycles. The molecule has 2 heteroatoms. The van der Waals surface area contributed by atoms with Crippen LogP contribution in [-0.2, 0) is 0 Å². The highest BCUT2D eigenvalue weighted by atomic mass is 16.3. The standard InChI is InChI=1S/C54H35NO/c1-3-12-36(13-4-1)37-14-9-15-38(30-37)39-16-10-17-40(31-39)41-18-11-19-42(32-41)44-25-28-53-49(34-44)50-35-45(26-29-54(50)56-53)43-24-27-52-48(33-43)47-22-7-8-23-51(47)55(52)46-20-5-2-6-21-46/h1-35H. The quantitative estimate of drug-likeness (QED) is 0.168. The van der Waals surface area contributed by atoms with Gasteiger partial charge in [-0.05, 0) is 128 Å². The van der Waals surface area contributed by atoms with Crippen molar-refractivity contribution in [1.29, 1.82) is 0 Å². The molecule has 0 atom stereocenters. The molecule has 56 heavy (non-hydrogen) atoms. The molecule has 2 aromatic heterocycles. The Bertz CT molecular complexity index is 3240. The summed E-state index contributed by atoms with van der Waals surface area (Å²) in [6.45, 7) is 0. The smallest absolute Gasteiger partial charge is 0.135 e. The van der Waals surface area contributed by atoms with Gasteiger partial charge in [-0.1, -0.05) is 140 Å². The van der Waals surface area contributed by atoms with Gasteiger partial charge in [-0.15, -0.1) is 0 Å². The average molecular weight is 714 g/mol. The van der Waals surface area contributed by atoms with Crippen LogP contribution in [0.25, 0.3) is 105 Å². The van der Waals surface area contributed by atoms with Crippen LogP contribution in [0.5, 0.6) is 0 Å². The predicted molar refractivity (Wildman–Crippen MR) is 235 cm³/mol. The van der Waals surface area contributed by atoms with E-state index in [4.69, 9.17) is 4.42 Å². The van der Waals surface area contributed by atoms with Gasteiger partial charge in [-0.25, -0.2) is 0 Å². The molecular weight excluding hydrogens is 679 g/mol. The lowest BCUT2D eigenvalue weighted by Crippen LogP contribution is -1.92. The number of fused-ring (bicyclic) bond motifs is 6. The first kappa shape index (κ1) is 32.0. The molecule has 2 heterocycles. The van der Waals surface area contributed by atoms with Crippen molar-refractivity contribution in [2.75, 3.05) is 0 Å². The lowest BCUT2D eigenvalue weighted by molar-refractivity contribution is 0.669. The summed E-state index contributed by atoms with van der Waals surface area (Å²) in [5.41, 5.74) is 17.3. The van der Waals surface area contributed by atoms with Gasteiger partial charge >= 0.3 is 0 Å². The molecule has 0 saturated carbocycles. The minimum absolute atomic E-state index is 0.892. The van der Waals surface area contributed by atoms with Gasteiger partial charge < -0.3 is 8.98 Å². The molecule has 0 N–H and O–H groups in total. The van der Waals surface area contributed by atoms with Gasteiger partial charge in [0.25, 0.3) is 0 Å². The molecule has 0 aliphatic heterocycles. The van der Waals surface area contributed by atoms with Crippen LogP contribution < -0.4 is 0 Å². The third-order valence-corrected chi connectivity index (χ3v) is 11.2. The molecule has 0 spiro atoms. The largest absolute Gasteiger partial charge is 0.456 e. The highest BCUT2D eigenvalue weighted by Crippen LogP contribution is 2.39. The topological polar surface area (TPSA) is 18.1 Å². The first-order chi connectivity index (χ1) is 27.7. The summed E-state index contributed by atoms with van der Waals surface area (Å²) in [6, 6.07) is 76.4. The van der Waals surface area contributed by atoms with Crippen molar-refractivity contribution >= 4 is 43.7 Å². The van der Waals surface area contributed by atoms with Crippen LogP contribution in [-0.4, -0.2) is 4.57 Å². The van der Waals surface area contributed by atoms with Crippen molar-refractivity contribution in [3.63, 3.8) is 0 Å². The summed E-state index contributed by atoms with van der Waals surface area (Å²) >= 11 is 0. The van der Waals surface area contributed by atoms with Crippen LogP contribution in [0.4, 0.5) is 0 Å². The number of furan rings is 1. The predicted octanol–water partition coefficient (Wildman–Crippen LogP) is 15.0. The molecule has 2 nitrogen and oxygen atoms in total. The number of hydrogen-bond donors (Lipinski definition) is 0. The second kappa shape index (κ2) is 13.2. The van der Waals surface area contributed by atoms with E-state index in [2.05, 4.69) is 217 Å². The van der Waals surface area contributed by atoms with Gasteiger partial charge in [0.05, 0.1) is 11.0 Å². The Labute approximate surface area is 325 Å². The van der Waals surface area contributed by atoms with Crippen LogP contribution in [0, 0.1) is 0 Å². The Kier molecular flexibility index (Phi) is 7.53. The van der Waals surface area contributed by atoms with Crippen LogP contribution in [0.1, 0.15) is 0 Å². The van der Waals surface area contributed by atoms with Crippen molar-refractivity contribution in [1.82, 2.24) is 4.57 Å². The minimum atomic E-state index is 0.892. The zero-order valence-electron chi connectivity index (χ0n) is 30.6. The number of rotatable bonds is 6. The fourth-order valence-electron chi connectivity index (χ4n) is 8.41. The van der Waals surface area contributed by atoms with Crippen molar-refractivity contribution < 1.29 is 4.42 Å². The molecular formula is C54H35NO. The summed E-state index contributed by atoms with van der Waals surface area (Å²) in [7, 11) is 0. The molecule has 0 aliphatic carbocycles. The maximum atomic E-state index is 6.40.